The monoisotopic (exact) mass is 509 g/mol. The first-order valence-electron chi connectivity index (χ1n) is 12.7. The number of H-pyrrole nitrogens is 2. The second-order valence-corrected chi connectivity index (χ2v) is 10.2. The van der Waals surface area contributed by atoms with E-state index in [4.69, 9.17) is 0 Å². The minimum Gasteiger partial charge on any atom is -0.367 e. The number of benzene rings is 1. The second kappa shape index (κ2) is 9.88. The molecule has 0 aliphatic carbocycles. The number of nitrogens with zero attached hydrogens (tertiary/aromatic N) is 6. The lowest BCUT2D eigenvalue weighted by Crippen LogP contribution is -2.44. The van der Waals surface area contributed by atoms with Crippen LogP contribution in [0.2, 0.25) is 0 Å². The number of pyridine rings is 2. The summed E-state index contributed by atoms with van der Waals surface area (Å²) in [6.45, 7) is 4.35. The first-order chi connectivity index (χ1) is 18.4. The summed E-state index contributed by atoms with van der Waals surface area (Å²) in [6.07, 6.45) is 7.30. The molecule has 10 nitrogen and oxygen atoms in total. The van der Waals surface area contributed by atoms with Gasteiger partial charge in [-0.05, 0) is 51.0 Å². The highest BCUT2D eigenvalue weighted by atomic mass is 16.2. The van der Waals surface area contributed by atoms with Crippen LogP contribution in [0, 0.1) is 0 Å². The summed E-state index contributed by atoms with van der Waals surface area (Å²) < 4.78 is 0. The Labute approximate surface area is 220 Å². The number of aromatic nitrogens is 5. The number of aromatic amines is 2. The van der Waals surface area contributed by atoms with E-state index >= 15 is 0 Å². The Balaban J connectivity index is 1.34. The van der Waals surface area contributed by atoms with Gasteiger partial charge < -0.3 is 25.0 Å². The van der Waals surface area contributed by atoms with E-state index in [9.17, 15) is 4.79 Å². The van der Waals surface area contributed by atoms with Crippen molar-refractivity contribution in [3.05, 3.63) is 55.1 Å². The molecule has 1 amide bonds. The van der Waals surface area contributed by atoms with Crippen LogP contribution in [0.3, 0.4) is 0 Å². The van der Waals surface area contributed by atoms with E-state index in [1.165, 1.54) is 0 Å². The van der Waals surface area contributed by atoms with Crippen LogP contribution < -0.4 is 10.2 Å². The topological polar surface area (TPSA) is 109 Å². The predicted molar refractivity (Wildman–Crippen MR) is 151 cm³/mol. The molecule has 0 radical (unpaired) electrons. The first-order valence-corrected chi connectivity index (χ1v) is 12.7. The number of hydrogen-bond donors (Lipinski definition) is 3. The van der Waals surface area contributed by atoms with Gasteiger partial charge in [-0.1, -0.05) is 6.07 Å². The standard InChI is InChI=1S/C28H31N9O/c1-35(2)17-27(38)31-20-10-19(13-29-14-20)18-4-5-23-22(11-18)28(34-33-23)24-12-21-25(32-24)15-30-16-26(21)37-8-6-36(3)7-9-37/h4-5,10-16,32H,6-9,17H2,1-3H3,(H,31,38)(H,33,34). The average molecular weight is 510 g/mol. The number of anilines is 2. The molecule has 5 aromatic rings. The molecule has 194 valence electrons. The lowest BCUT2D eigenvalue weighted by atomic mass is 10.0. The van der Waals surface area contributed by atoms with Crippen LogP contribution in [-0.2, 0) is 4.79 Å². The summed E-state index contributed by atoms with van der Waals surface area (Å²) in [7, 11) is 5.89. The van der Waals surface area contributed by atoms with Gasteiger partial charge in [0.1, 0.15) is 5.69 Å². The van der Waals surface area contributed by atoms with Crippen LogP contribution in [0.4, 0.5) is 11.4 Å². The Morgan fingerprint density at radius 3 is 2.58 bits per heavy atom. The van der Waals surface area contributed by atoms with Gasteiger partial charge >= 0.3 is 0 Å². The van der Waals surface area contributed by atoms with E-state index in [0.717, 1.165) is 76.2 Å². The third kappa shape index (κ3) is 4.71. The molecular weight excluding hydrogens is 478 g/mol. The molecule has 1 aromatic carbocycles. The first kappa shape index (κ1) is 24.1. The Bertz CT molecular complexity index is 1610. The van der Waals surface area contributed by atoms with Crippen LogP contribution >= 0.6 is 0 Å². The minimum absolute atomic E-state index is 0.0780. The van der Waals surface area contributed by atoms with Gasteiger partial charge in [-0.15, -0.1) is 0 Å². The molecular formula is C28H31N9O. The van der Waals surface area contributed by atoms with Crippen LogP contribution in [0.5, 0.6) is 0 Å². The lowest BCUT2D eigenvalue weighted by molar-refractivity contribution is -0.116. The molecule has 1 aliphatic heterocycles. The van der Waals surface area contributed by atoms with Crippen molar-refractivity contribution in [2.75, 3.05) is 64.1 Å². The van der Waals surface area contributed by atoms with Crippen LogP contribution in [0.15, 0.2) is 55.1 Å². The summed E-state index contributed by atoms with van der Waals surface area (Å²) >= 11 is 0. The largest absolute Gasteiger partial charge is 0.367 e. The zero-order valence-corrected chi connectivity index (χ0v) is 21.8. The second-order valence-electron chi connectivity index (χ2n) is 10.2. The van der Waals surface area contributed by atoms with Crippen molar-refractivity contribution in [2.45, 2.75) is 0 Å². The van der Waals surface area contributed by atoms with Crippen LogP contribution in [0.25, 0.3) is 44.3 Å². The molecule has 1 aliphatic rings. The van der Waals surface area contributed by atoms with E-state index in [1.54, 1.807) is 12.4 Å². The number of amides is 1. The molecule has 1 saturated heterocycles. The summed E-state index contributed by atoms with van der Waals surface area (Å²) in [4.78, 5) is 31.2. The van der Waals surface area contributed by atoms with Crippen molar-refractivity contribution in [3.63, 3.8) is 0 Å². The lowest BCUT2D eigenvalue weighted by Gasteiger charge is -2.34. The van der Waals surface area contributed by atoms with E-state index in [1.807, 2.05) is 49.6 Å². The number of likely N-dealkylation sites (N-methyl/N-ethyl adjacent to an activating group) is 2. The van der Waals surface area contributed by atoms with Gasteiger partial charge in [-0.2, -0.15) is 5.10 Å². The third-order valence-electron chi connectivity index (χ3n) is 7.00. The fourth-order valence-corrected chi connectivity index (χ4v) is 5.02. The van der Waals surface area contributed by atoms with Crippen molar-refractivity contribution in [3.8, 4) is 22.5 Å². The summed E-state index contributed by atoms with van der Waals surface area (Å²) in [5, 5.41) is 12.9. The van der Waals surface area contributed by atoms with Crippen molar-refractivity contribution in [2.24, 2.45) is 0 Å². The molecule has 0 bridgehead atoms. The SMILES string of the molecule is CN(C)CC(=O)Nc1cncc(-c2ccc3[nH]nc(-c4cc5c(N6CCN(C)CC6)cncc5[nH]4)c3c2)c1. The van der Waals surface area contributed by atoms with Crippen molar-refractivity contribution < 1.29 is 4.79 Å². The van der Waals surface area contributed by atoms with Gasteiger partial charge in [-0.3, -0.25) is 19.9 Å². The van der Waals surface area contributed by atoms with Gasteiger partial charge in [-0.25, -0.2) is 0 Å². The molecule has 1 fully saturated rings. The molecule has 6 rings (SSSR count). The number of hydrogen-bond acceptors (Lipinski definition) is 7. The molecule has 5 heterocycles. The van der Waals surface area contributed by atoms with Crippen LogP contribution in [0.1, 0.15) is 0 Å². The predicted octanol–water partition coefficient (Wildman–Crippen LogP) is 3.42. The van der Waals surface area contributed by atoms with Crippen molar-refractivity contribution >= 4 is 39.1 Å². The number of rotatable bonds is 6. The van der Waals surface area contributed by atoms with Crippen molar-refractivity contribution in [1.29, 1.82) is 0 Å². The summed E-state index contributed by atoms with van der Waals surface area (Å²) in [6, 6.07) is 10.3. The molecule has 38 heavy (non-hydrogen) atoms. The quantitative estimate of drug-likeness (QED) is 0.322. The Morgan fingerprint density at radius 1 is 0.947 bits per heavy atom. The van der Waals surface area contributed by atoms with Gasteiger partial charge in [0.05, 0.1) is 53.2 Å². The maximum Gasteiger partial charge on any atom is 0.238 e. The number of piperazine rings is 1. The van der Waals surface area contributed by atoms with E-state index in [-0.39, 0.29) is 5.91 Å². The molecule has 0 atom stereocenters. The van der Waals surface area contributed by atoms with Gasteiger partial charge in [0.25, 0.3) is 0 Å². The molecule has 4 aromatic heterocycles. The molecule has 0 spiro atoms. The fraction of sp³-hybridized carbons (Fsp3) is 0.286. The number of carbonyl (C=O) groups is 1. The normalized spacial score (nSPS) is 14.6. The molecule has 3 N–H and O–H groups in total. The Kier molecular flexibility index (Phi) is 6.26. The molecule has 0 saturated carbocycles. The molecule has 0 unspecified atom stereocenters. The number of fused-ring (bicyclic) bond motifs is 2. The van der Waals surface area contributed by atoms with Gasteiger partial charge in [0.15, 0.2) is 0 Å². The summed E-state index contributed by atoms with van der Waals surface area (Å²) in [5.74, 6) is -0.0780. The zero-order chi connectivity index (χ0) is 26.2. The van der Waals surface area contributed by atoms with Crippen molar-refractivity contribution in [1.82, 2.24) is 34.9 Å². The van der Waals surface area contributed by atoms with E-state index < -0.39 is 0 Å². The maximum absolute atomic E-state index is 12.2. The number of nitrogens with one attached hydrogen (secondary N) is 3. The van der Waals surface area contributed by atoms with Gasteiger partial charge in [0, 0.05) is 48.7 Å². The zero-order valence-electron chi connectivity index (χ0n) is 21.8. The highest BCUT2D eigenvalue weighted by molar-refractivity contribution is 6.00. The Hall–Kier alpha value is -4.28. The summed E-state index contributed by atoms with van der Waals surface area (Å²) in [5.41, 5.74) is 7.46. The highest BCUT2D eigenvalue weighted by Gasteiger charge is 2.19. The average Bonchev–Trinajstić information content (AvgIpc) is 3.52. The number of carbonyl (C=O) groups excluding carboxylic acids is 1. The van der Waals surface area contributed by atoms with Crippen LogP contribution in [-0.4, -0.2) is 94.7 Å². The minimum atomic E-state index is -0.0780. The third-order valence-corrected chi connectivity index (χ3v) is 7.00. The van der Waals surface area contributed by atoms with Gasteiger partial charge in [0.2, 0.25) is 5.91 Å². The van der Waals surface area contributed by atoms with E-state index in [2.05, 4.69) is 59.4 Å². The van der Waals surface area contributed by atoms with E-state index in [0.29, 0.717) is 12.2 Å². The molecule has 10 heteroatoms. The maximum atomic E-state index is 12.2. The highest BCUT2D eigenvalue weighted by Crippen LogP contribution is 2.34. The Morgan fingerprint density at radius 2 is 1.76 bits per heavy atom. The fourth-order valence-electron chi connectivity index (χ4n) is 5.02. The smallest absolute Gasteiger partial charge is 0.238 e.